The van der Waals surface area contributed by atoms with Crippen LogP contribution in [0.5, 0.6) is 0 Å². The number of esters is 1. The van der Waals surface area contributed by atoms with Crippen molar-refractivity contribution in [3.05, 3.63) is 0 Å². The van der Waals surface area contributed by atoms with Crippen LogP contribution < -0.4 is 0 Å². The minimum atomic E-state index is -0.558. The number of hydrogen-bond acceptors (Lipinski definition) is 4. The van der Waals surface area contributed by atoms with Gasteiger partial charge < -0.3 is 4.74 Å². The van der Waals surface area contributed by atoms with Crippen molar-refractivity contribution in [2.45, 2.75) is 30.3 Å². The molecular formula is C9H15BrO3S. The second kappa shape index (κ2) is 5.75. The maximum atomic E-state index is 11.6. The summed E-state index contributed by atoms with van der Waals surface area (Å²) in [5.41, 5.74) is 0. The van der Waals surface area contributed by atoms with Gasteiger partial charge in [-0.2, -0.15) is 0 Å². The van der Waals surface area contributed by atoms with Gasteiger partial charge in [0.2, 0.25) is 0 Å². The average Bonchev–Trinajstić information content (AvgIpc) is 2.12. The summed E-state index contributed by atoms with van der Waals surface area (Å²) in [4.78, 5) is 22.3. The fourth-order valence-electron chi connectivity index (χ4n) is 0.848. The first-order chi connectivity index (χ1) is 6.31. The highest BCUT2D eigenvalue weighted by Gasteiger charge is 2.31. The van der Waals surface area contributed by atoms with Crippen LogP contribution in [-0.2, 0) is 14.3 Å². The second-order valence-corrected chi connectivity index (χ2v) is 6.33. The number of carbonyl (C=O) groups excluding carboxylic acids is 2. The Kier molecular flexibility index (Phi) is 5.74. The van der Waals surface area contributed by atoms with Gasteiger partial charge in [-0.15, -0.1) is 11.8 Å². The predicted octanol–water partition coefficient (Wildman–Crippen LogP) is 2.02. The minimum Gasteiger partial charge on any atom is -0.468 e. The van der Waals surface area contributed by atoms with Crippen LogP contribution in [0, 0.1) is 0 Å². The SMILES string of the molecule is COC(=O)CSC(C)(C)C(=O)C(C)Br. The summed E-state index contributed by atoms with van der Waals surface area (Å²) < 4.78 is 3.94. The number of methoxy groups -OCH3 is 1. The molecule has 0 amide bonds. The van der Waals surface area contributed by atoms with Crippen LogP contribution in [-0.4, -0.2) is 34.2 Å². The number of thioether (sulfide) groups is 1. The Morgan fingerprint density at radius 3 is 2.36 bits per heavy atom. The number of rotatable bonds is 5. The molecule has 0 aromatic carbocycles. The molecule has 0 aliphatic carbocycles. The third kappa shape index (κ3) is 4.46. The Balaban J connectivity index is 4.20. The van der Waals surface area contributed by atoms with Crippen LogP contribution >= 0.6 is 27.7 Å². The molecule has 1 unspecified atom stereocenters. The van der Waals surface area contributed by atoms with Crippen LogP contribution in [0.4, 0.5) is 0 Å². The molecule has 0 aromatic heterocycles. The highest BCUT2D eigenvalue weighted by molar-refractivity contribution is 9.10. The van der Waals surface area contributed by atoms with Crippen molar-refractivity contribution in [2.75, 3.05) is 12.9 Å². The van der Waals surface area contributed by atoms with E-state index in [0.717, 1.165) is 0 Å². The number of carbonyl (C=O) groups is 2. The third-order valence-corrected chi connectivity index (χ3v) is 3.45. The first-order valence-electron chi connectivity index (χ1n) is 4.20. The molecule has 0 saturated heterocycles. The van der Waals surface area contributed by atoms with E-state index >= 15 is 0 Å². The van der Waals surface area contributed by atoms with Crippen molar-refractivity contribution in [3.8, 4) is 0 Å². The molecule has 82 valence electrons. The summed E-state index contributed by atoms with van der Waals surface area (Å²) in [6.07, 6.45) is 0. The molecule has 5 heteroatoms. The van der Waals surface area contributed by atoms with E-state index in [0.29, 0.717) is 0 Å². The molecule has 0 fully saturated rings. The summed E-state index contributed by atoms with van der Waals surface area (Å²) in [6, 6.07) is 0. The van der Waals surface area contributed by atoms with Crippen molar-refractivity contribution in [2.24, 2.45) is 0 Å². The molecule has 0 aliphatic heterocycles. The van der Waals surface area contributed by atoms with Crippen molar-refractivity contribution in [1.82, 2.24) is 0 Å². The number of ether oxygens (including phenoxy) is 1. The summed E-state index contributed by atoms with van der Waals surface area (Å²) in [5, 5.41) is 0. The molecule has 0 heterocycles. The molecule has 0 rings (SSSR count). The van der Waals surface area contributed by atoms with E-state index in [1.54, 1.807) is 20.8 Å². The zero-order valence-corrected chi connectivity index (χ0v) is 11.2. The van der Waals surface area contributed by atoms with Crippen molar-refractivity contribution >= 4 is 39.4 Å². The number of ketones is 1. The van der Waals surface area contributed by atoms with Gasteiger partial charge in [0.05, 0.1) is 22.4 Å². The molecule has 0 spiro atoms. The van der Waals surface area contributed by atoms with Gasteiger partial charge in [0.1, 0.15) is 0 Å². The standard InChI is InChI=1S/C9H15BrO3S/c1-6(10)8(12)9(2,3)14-5-7(11)13-4/h6H,5H2,1-4H3. The Morgan fingerprint density at radius 1 is 1.50 bits per heavy atom. The molecule has 0 aliphatic rings. The lowest BCUT2D eigenvalue weighted by Crippen LogP contribution is -2.34. The topological polar surface area (TPSA) is 43.4 Å². The van der Waals surface area contributed by atoms with Crippen LogP contribution in [0.3, 0.4) is 0 Å². The van der Waals surface area contributed by atoms with E-state index < -0.39 is 4.75 Å². The molecule has 3 nitrogen and oxygen atoms in total. The van der Waals surface area contributed by atoms with E-state index in [-0.39, 0.29) is 22.3 Å². The normalized spacial score (nSPS) is 13.5. The fourth-order valence-corrected chi connectivity index (χ4v) is 2.49. The fraction of sp³-hybridized carbons (Fsp3) is 0.778. The molecule has 0 aromatic rings. The monoisotopic (exact) mass is 282 g/mol. The average molecular weight is 283 g/mol. The molecule has 1 atom stereocenters. The van der Waals surface area contributed by atoms with Gasteiger partial charge in [-0.05, 0) is 20.8 Å². The number of halogens is 1. The van der Waals surface area contributed by atoms with Gasteiger partial charge >= 0.3 is 5.97 Å². The van der Waals surface area contributed by atoms with Gasteiger partial charge in [-0.25, -0.2) is 0 Å². The summed E-state index contributed by atoms with van der Waals surface area (Å²) >= 11 is 4.51. The highest BCUT2D eigenvalue weighted by Crippen LogP contribution is 2.28. The first-order valence-corrected chi connectivity index (χ1v) is 6.10. The van der Waals surface area contributed by atoms with Crippen LogP contribution in [0.2, 0.25) is 0 Å². The van der Waals surface area contributed by atoms with Crippen LogP contribution in [0.25, 0.3) is 0 Å². The Hall–Kier alpha value is -0.0300. The summed E-state index contributed by atoms with van der Waals surface area (Å²) in [7, 11) is 1.34. The van der Waals surface area contributed by atoms with Gasteiger partial charge in [0.25, 0.3) is 0 Å². The third-order valence-electron chi connectivity index (χ3n) is 1.73. The number of Topliss-reactive ketones (excluding diaryl/α,β-unsaturated/α-hetero) is 1. The maximum absolute atomic E-state index is 11.6. The van der Waals surface area contributed by atoms with Gasteiger partial charge in [0, 0.05) is 0 Å². The molecule has 0 radical (unpaired) electrons. The lowest BCUT2D eigenvalue weighted by atomic mass is 10.1. The van der Waals surface area contributed by atoms with E-state index in [9.17, 15) is 9.59 Å². The van der Waals surface area contributed by atoms with E-state index in [1.807, 2.05) is 0 Å². The lowest BCUT2D eigenvalue weighted by molar-refractivity contribution is -0.137. The van der Waals surface area contributed by atoms with Crippen molar-refractivity contribution in [3.63, 3.8) is 0 Å². The number of hydrogen-bond donors (Lipinski definition) is 0. The smallest absolute Gasteiger partial charge is 0.315 e. The minimum absolute atomic E-state index is 0.0754. The molecule has 0 saturated carbocycles. The summed E-state index contributed by atoms with van der Waals surface area (Å²) in [5.74, 6) is -0.0286. The van der Waals surface area contributed by atoms with Crippen molar-refractivity contribution in [1.29, 1.82) is 0 Å². The first kappa shape index (κ1) is 14.0. The maximum Gasteiger partial charge on any atom is 0.315 e. The Labute approximate surface area is 97.1 Å². The number of alkyl halides is 1. The Bertz CT molecular complexity index is 226. The van der Waals surface area contributed by atoms with Gasteiger partial charge in [0.15, 0.2) is 5.78 Å². The lowest BCUT2D eigenvalue weighted by Gasteiger charge is -2.23. The molecular weight excluding hydrogens is 268 g/mol. The zero-order chi connectivity index (χ0) is 11.4. The van der Waals surface area contributed by atoms with Crippen LogP contribution in [0.15, 0.2) is 0 Å². The van der Waals surface area contributed by atoms with E-state index in [1.165, 1.54) is 18.9 Å². The molecule has 0 bridgehead atoms. The van der Waals surface area contributed by atoms with Gasteiger partial charge in [-0.1, -0.05) is 15.9 Å². The molecule has 14 heavy (non-hydrogen) atoms. The zero-order valence-electron chi connectivity index (χ0n) is 8.80. The van der Waals surface area contributed by atoms with E-state index in [4.69, 9.17) is 0 Å². The predicted molar refractivity (Wildman–Crippen MR) is 61.9 cm³/mol. The molecule has 0 N–H and O–H groups in total. The summed E-state index contributed by atoms with van der Waals surface area (Å²) in [6.45, 7) is 5.39. The van der Waals surface area contributed by atoms with Crippen molar-refractivity contribution < 1.29 is 14.3 Å². The van der Waals surface area contributed by atoms with Gasteiger partial charge in [-0.3, -0.25) is 9.59 Å². The highest BCUT2D eigenvalue weighted by atomic mass is 79.9. The van der Waals surface area contributed by atoms with E-state index in [2.05, 4.69) is 20.7 Å². The Morgan fingerprint density at radius 2 is 2.00 bits per heavy atom. The van der Waals surface area contributed by atoms with Crippen LogP contribution in [0.1, 0.15) is 20.8 Å². The largest absolute Gasteiger partial charge is 0.468 e. The second-order valence-electron chi connectivity index (χ2n) is 3.36. The quantitative estimate of drug-likeness (QED) is 0.572.